The van der Waals surface area contributed by atoms with Gasteiger partial charge in [-0.1, -0.05) is 30.4 Å². The molecule has 7 nitrogen and oxygen atoms in total. The van der Waals surface area contributed by atoms with E-state index in [9.17, 15) is 14.4 Å². The smallest absolute Gasteiger partial charge is 0.343 e. The molecule has 2 aromatic rings. The molecule has 2 fully saturated rings. The van der Waals surface area contributed by atoms with E-state index in [0.717, 1.165) is 11.4 Å². The van der Waals surface area contributed by atoms with Gasteiger partial charge in [-0.3, -0.25) is 9.59 Å². The van der Waals surface area contributed by atoms with Gasteiger partial charge < -0.3 is 9.47 Å². The highest BCUT2D eigenvalue weighted by atomic mass is 16.6. The lowest BCUT2D eigenvalue weighted by atomic mass is 9.85. The first-order valence-electron chi connectivity index (χ1n) is 10.7. The van der Waals surface area contributed by atoms with Gasteiger partial charge in [-0.15, -0.1) is 0 Å². The second-order valence-corrected chi connectivity index (χ2v) is 8.13. The summed E-state index contributed by atoms with van der Waals surface area (Å²) in [4.78, 5) is 37.9. The molecule has 2 bridgehead atoms. The number of carbonyl (C=O) groups is 3. The Morgan fingerprint density at radius 1 is 1.03 bits per heavy atom. The lowest BCUT2D eigenvalue weighted by Gasteiger charge is -2.13. The van der Waals surface area contributed by atoms with Crippen LogP contribution in [0.3, 0.4) is 0 Å². The summed E-state index contributed by atoms with van der Waals surface area (Å²) in [5.41, 5.74) is 1.05. The molecule has 2 amide bonds. The van der Waals surface area contributed by atoms with Gasteiger partial charge >= 0.3 is 5.97 Å². The zero-order valence-corrected chi connectivity index (χ0v) is 17.5. The Bertz CT molecular complexity index is 1110. The second kappa shape index (κ2) is 8.07. The summed E-state index contributed by atoms with van der Waals surface area (Å²) >= 11 is 0. The highest BCUT2D eigenvalue weighted by Crippen LogP contribution is 2.52. The van der Waals surface area contributed by atoms with E-state index in [1.54, 1.807) is 42.5 Å². The number of ether oxygens (including phenoxy) is 2. The third-order valence-corrected chi connectivity index (χ3v) is 6.25. The fourth-order valence-corrected chi connectivity index (χ4v) is 4.82. The molecule has 4 atom stereocenters. The number of allylic oxidation sites excluding steroid dienone is 2. The molecule has 0 spiro atoms. The molecular weight excluding hydrogens is 408 g/mol. The molecule has 1 heterocycles. The average Bonchev–Trinajstić information content (AvgIpc) is 3.49. The molecule has 5 rings (SSSR count). The largest absolute Gasteiger partial charge is 0.490 e. The van der Waals surface area contributed by atoms with Crippen LogP contribution in [0.25, 0.3) is 0 Å². The van der Waals surface area contributed by atoms with Crippen molar-refractivity contribution in [3.63, 3.8) is 0 Å². The van der Waals surface area contributed by atoms with E-state index in [4.69, 9.17) is 9.47 Å². The van der Waals surface area contributed by atoms with Gasteiger partial charge in [0.15, 0.2) is 11.5 Å². The SMILES string of the molecule is CCOc1cc(C=NN2C(=O)[C@@H]3[C@H](C2=O)[C@H]2C=C[C@H]3C2)ccc1OC(=O)c1ccccc1. The third-order valence-electron chi connectivity index (χ3n) is 6.25. The van der Waals surface area contributed by atoms with Gasteiger partial charge in [-0.25, -0.2) is 4.79 Å². The molecule has 2 aromatic carbocycles. The number of esters is 1. The van der Waals surface area contributed by atoms with Crippen LogP contribution in [0.2, 0.25) is 0 Å². The number of rotatable bonds is 6. The second-order valence-electron chi connectivity index (χ2n) is 8.13. The van der Waals surface area contributed by atoms with Crippen LogP contribution in [0.1, 0.15) is 29.3 Å². The van der Waals surface area contributed by atoms with Crippen LogP contribution in [0.4, 0.5) is 0 Å². The van der Waals surface area contributed by atoms with Gasteiger partial charge in [-0.05, 0) is 61.1 Å². The Hall–Kier alpha value is -3.74. The number of amides is 2. The maximum absolute atomic E-state index is 12.8. The number of hydrogen-bond acceptors (Lipinski definition) is 6. The molecule has 0 N–H and O–H groups in total. The molecule has 2 aliphatic carbocycles. The summed E-state index contributed by atoms with van der Waals surface area (Å²) in [5, 5.41) is 5.20. The minimum Gasteiger partial charge on any atom is -0.490 e. The van der Waals surface area contributed by atoms with Crippen LogP contribution in [0.15, 0.2) is 65.8 Å². The number of fused-ring (bicyclic) bond motifs is 5. The highest BCUT2D eigenvalue weighted by molar-refractivity contribution is 6.06. The number of benzene rings is 2. The maximum atomic E-state index is 12.8. The van der Waals surface area contributed by atoms with E-state index in [2.05, 4.69) is 5.10 Å². The van der Waals surface area contributed by atoms with Crippen LogP contribution in [0.5, 0.6) is 11.5 Å². The minimum absolute atomic E-state index is 0.143. The summed E-state index contributed by atoms with van der Waals surface area (Å²) in [6, 6.07) is 13.6. The van der Waals surface area contributed by atoms with E-state index < -0.39 is 5.97 Å². The van der Waals surface area contributed by atoms with E-state index >= 15 is 0 Å². The van der Waals surface area contributed by atoms with Crippen LogP contribution < -0.4 is 9.47 Å². The van der Waals surface area contributed by atoms with Crippen molar-refractivity contribution in [1.29, 1.82) is 0 Å². The van der Waals surface area contributed by atoms with Gasteiger partial charge in [0.1, 0.15) is 0 Å². The number of carbonyl (C=O) groups excluding carboxylic acids is 3. The Morgan fingerprint density at radius 3 is 2.38 bits per heavy atom. The maximum Gasteiger partial charge on any atom is 0.343 e. The Kier molecular flexibility index (Phi) is 5.09. The van der Waals surface area contributed by atoms with E-state index in [-0.39, 0.29) is 41.2 Å². The molecule has 162 valence electrons. The summed E-state index contributed by atoms with van der Waals surface area (Å²) in [7, 11) is 0. The standard InChI is InChI=1S/C25H22N2O5/c1-2-31-20-12-15(8-11-19(20)32-25(30)16-6-4-3-5-7-16)14-26-27-23(28)21-17-9-10-18(13-17)22(21)24(27)29/h3-12,14,17-18,21-22H,2,13H2,1H3/t17-,18-,21-,22+/m0/s1. The van der Waals surface area contributed by atoms with Crippen LogP contribution in [-0.4, -0.2) is 35.6 Å². The van der Waals surface area contributed by atoms with Crippen molar-refractivity contribution in [2.24, 2.45) is 28.8 Å². The molecule has 1 saturated carbocycles. The summed E-state index contributed by atoms with van der Waals surface area (Å²) in [6.07, 6.45) is 6.44. The average molecular weight is 430 g/mol. The van der Waals surface area contributed by atoms with Crippen LogP contribution in [0, 0.1) is 23.7 Å². The Morgan fingerprint density at radius 2 is 1.72 bits per heavy atom. The highest BCUT2D eigenvalue weighted by Gasteiger charge is 2.59. The predicted molar refractivity (Wildman–Crippen MR) is 116 cm³/mol. The van der Waals surface area contributed by atoms with E-state index in [1.807, 2.05) is 25.1 Å². The van der Waals surface area contributed by atoms with Crippen molar-refractivity contribution in [2.75, 3.05) is 6.61 Å². The molecule has 3 aliphatic rings. The van der Waals surface area contributed by atoms with Gasteiger partial charge in [0.25, 0.3) is 11.8 Å². The molecule has 7 heteroatoms. The van der Waals surface area contributed by atoms with Gasteiger partial charge in [0.2, 0.25) is 0 Å². The number of imide groups is 1. The van der Waals surface area contributed by atoms with Crippen molar-refractivity contribution in [2.45, 2.75) is 13.3 Å². The first kappa shape index (κ1) is 20.2. The van der Waals surface area contributed by atoms with E-state index in [1.165, 1.54) is 6.21 Å². The van der Waals surface area contributed by atoms with Crippen molar-refractivity contribution >= 4 is 24.0 Å². The summed E-state index contributed by atoms with van der Waals surface area (Å²) in [5.74, 6) is -0.576. The summed E-state index contributed by atoms with van der Waals surface area (Å²) in [6.45, 7) is 2.20. The first-order chi connectivity index (χ1) is 15.6. The Balaban J connectivity index is 1.34. The zero-order valence-electron chi connectivity index (χ0n) is 17.5. The molecule has 1 aliphatic heterocycles. The van der Waals surface area contributed by atoms with Crippen LogP contribution in [-0.2, 0) is 9.59 Å². The fraction of sp³-hybridized carbons (Fsp3) is 0.280. The van der Waals surface area contributed by atoms with Gasteiger partial charge in [0.05, 0.1) is 30.2 Å². The Labute approximate surface area is 185 Å². The lowest BCUT2D eigenvalue weighted by molar-refractivity contribution is -0.140. The topological polar surface area (TPSA) is 85.3 Å². The zero-order chi connectivity index (χ0) is 22.2. The van der Waals surface area contributed by atoms with Gasteiger partial charge in [0, 0.05) is 0 Å². The van der Waals surface area contributed by atoms with Crippen molar-refractivity contribution in [1.82, 2.24) is 5.01 Å². The predicted octanol–water partition coefficient (Wildman–Crippen LogP) is 3.45. The third kappa shape index (κ3) is 3.39. The van der Waals surface area contributed by atoms with Crippen molar-refractivity contribution < 1.29 is 23.9 Å². The number of nitrogens with zero attached hydrogens (tertiary/aromatic N) is 2. The van der Waals surface area contributed by atoms with Crippen LogP contribution >= 0.6 is 0 Å². The number of hydrazone groups is 1. The fourth-order valence-electron chi connectivity index (χ4n) is 4.82. The molecule has 0 unspecified atom stereocenters. The monoisotopic (exact) mass is 430 g/mol. The quantitative estimate of drug-likeness (QED) is 0.230. The number of hydrogen-bond donors (Lipinski definition) is 0. The normalized spacial score (nSPS) is 25.6. The molecule has 1 saturated heterocycles. The molecular formula is C25H22N2O5. The van der Waals surface area contributed by atoms with E-state index in [0.29, 0.717) is 23.5 Å². The summed E-state index contributed by atoms with van der Waals surface area (Å²) < 4.78 is 11.1. The molecule has 0 radical (unpaired) electrons. The lowest BCUT2D eigenvalue weighted by Crippen LogP contribution is -2.28. The molecule has 0 aromatic heterocycles. The van der Waals surface area contributed by atoms with Gasteiger partial charge in [-0.2, -0.15) is 10.1 Å². The molecule has 32 heavy (non-hydrogen) atoms. The first-order valence-corrected chi connectivity index (χ1v) is 10.7. The van der Waals surface area contributed by atoms with Crippen molar-refractivity contribution in [3.8, 4) is 11.5 Å². The minimum atomic E-state index is -0.490. The van der Waals surface area contributed by atoms with Crippen molar-refractivity contribution in [3.05, 3.63) is 71.8 Å².